The molecule has 3 aromatic rings. The van der Waals surface area contributed by atoms with E-state index in [-0.39, 0.29) is 5.91 Å². The molecule has 4 rings (SSSR count). The predicted octanol–water partition coefficient (Wildman–Crippen LogP) is 3.95. The van der Waals surface area contributed by atoms with Crippen molar-refractivity contribution >= 4 is 29.4 Å². The standard InChI is InChI=1S/C19H17FN4O2S/c1-11-14(18(24-26-11)15-6-4-13(20)9-21-15)5-7-17-22-10-16(27-17)19(25)23-8-12-2-3-12/h4-7,9-10,12H,2-3,8H2,1H3,(H,23,25). The molecule has 0 radical (unpaired) electrons. The second-order valence-corrected chi connectivity index (χ2v) is 7.47. The maximum Gasteiger partial charge on any atom is 0.263 e. The molecule has 0 aliphatic heterocycles. The highest BCUT2D eigenvalue weighted by molar-refractivity contribution is 7.14. The van der Waals surface area contributed by atoms with Crippen LogP contribution in [0.1, 0.15) is 38.8 Å². The Morgan fingerprint density at radius 3 is 2.93 bits per heavy atom. The summed E-state index contributed by atoms with van der Waals surface area (Å²) < 4.78 is 18.3. The summed E-state index contributed by atoms with van der Waals surface area (Å²) in [5, 5.41) is 7.65. The molecule has 8 heteroatoms. The van der Waals surface area contributed by atoms with E-state index in [1.54, 1.807) is 25.3 Å². The van der Waals surface area contributed by atoms with Gasteiger partial charge in [-0.25, -0.2) is 9.37 Å². The number of carbonyl (C=O) groups excluding carboxylic acids is 1. The third-order valence-corrected chi connectivity index (χ3v) is 5.23. The van der Waals surface area contributed by atoms with Gasteiger partial charge >= 0.3 is 0 Å². The van der Waals surface area contributed by atoms with Gasteiger partial charge in [-0.3, -0.25) is 9.78 Å². The monoisotopic (exact) mass is 384 g/mol. The van der Waals surface area contributed by atoms with E-state index in [1.807, 2.05) is 6.08 Å². The Kier molecular flexibility index (Phi) is 4.81. The van der Waals surface area contributed by atoms with Gasteiger partial charge in [-0.1, -0.05) is 5.16 Å². The fourth-order valence-corrected chi connectivity index (χ4v) is 3.28. The van der Waals surface area contributed by atoms with Crippen LogP contribution in [0.2, 0.25) is 0 Å². The largest absolute Gasteiger partial charge is 0.360 e. The highest BCUT2D eigenvalue weighted by Crippen LogP contribution is 2.28. The van der Waals surface area contributed by atoms with Crippen molar-refractivity contribution in [2.24, 2.45) is 5.92 Å². The van der Waals surface area contributed by atoms with Gasteiger partial charge in [0, 0.05) is 12.1 Å². The highest BCUT2D eigenvalue weighted by atomic mass is 32.1. The summed E-state index contributed by atoms with van der Waals surface area (Å²) in [6.07, 6.45) is 8.72. The number of nitrogens with zero attached hydrogens (tertiary/aromatic N) is 3. The first-order valence-corrected chi connectivity index (χ1v) is 9.42. The van der Waals surface area contributed by atoms with Crippen LogP contribution in [0.3, 0.4) is 0 Å². The molecule has 1 aliphatic carbocycles. The normalized spacial score (nSPS) is 14.0. The van der Waals surface area contributed by atoms with E-state index in [2.05, 4.69) is 20.4 Å². The number of aromatic nitrogens is 3. The number of thiazole rings is 1. The van der Waals surface area contributed by atoms with Crippen LogP contribution < -0.4 is 5.32 Å². The molecule has 1 amide bonds. The van der Waals surface area contributed by atoms with E-state index < -0.39 is 5.82 Å². The topological polar surface area (TPSA) is 80.9 Å². The average molecular weight is 384 g/mol. The quantitative estimate of drug-likeness (QED) is 0.696. The number of pyridine rings is 1. The van der Waals surface area contributed by atoms with Gasteiger partial charge in [-0.2, -0.15) is 0 Å². The van der Waals surface area contributed by atoms with E-state index in [9.17, 15) is 9.18 Å². The van der Waals surface area contributed by atoms with Gasteiger partial charge in [0.2, 0.25) is 0 Å². The van der Waals surface area contributed by atoms with E-state index in [0.717, 1.165) is 18.3 Å². The van der Waals surface area contributed by atoms with Crippen LogP contribution in [0.4, 0.5) is 4.39 Å². The number of nitrogens with one attached hydrogen (secondary N) is 1. The molecule has 0 spiro atoms. The van der Waals surface area contributed by atoms with Crippen molar-refractivity contribution in [2.75, 3.05) is 6.54 Å². The fraction of sp³-hybridized carbons (Fsp3) is 0.263. The van der Waals surface area contributed by atoms with Gasteiger partial charge in [0.25, 0.3) is 5.91 Å². The van der Waals surface area contributed by atoms with E-state index in [4.69, 9.17) is 4.52 Å². The minimum atomic E-state index is -0.411. The van der Waals surface area contributed by atoms with Gasteiger partial charge in [0.1, 0.15) is 27.2 Å². The van der Waals surface area contributed by atoms with Gasteiger partial charge < -0.3 is 9.84 Å². The van der Waals surface area contributed by atoms with E-state index >= 15 is 0 Å². The molecule has 0 unspecified atom stereocenters. The van der Waals surface area contributed by atoms with Crippen molar-refractivity contribution in [3.8, 4) is 11.4 Å². The van der Waals surface area contributed by atoms with Crippen molar-refractivity contribution < 1.29 is 13.7 Å². The van der Waals surface area contributed by atoms with Crippen molar-refractivity contribution in [2.45, 2.75) is 19.8 Å². The predicted molar refractivity (Wildman–Crippen MR) is 101 cm³/mol. The number of hydrogen-bond donors (Lipinski definition) is 1. The number of hydrogen-bond acceptors (Lipinski definition) is 6. The lowest BCUT2D eigenvalue weighted by atomic mass is 10.1. The Morgan fingerprint density at radius 2 is 2.19 bits per heavy atom. The van der Waals surface area contributed by atoms with E-state index in [0.29, 0.717) is 33.0 Å². The van der Waals surface area contributed by atoms with Crippen molar-refractivity contribution in [1.29, 1.82) is 0 Å². The van der Waals surface area contributed by atoms with Crippen LogP contribution in [0.5, 0.6) is 0 Å². The number of carbonyl (C=O) groups is 1. The maximum absolute atomic E-state index is 13.1. The first-order valence-electron chi connectivity index (χ1n) is 8.60. The Hall–Kier alpha value is -2.87. The summed E-state index contributed by atoms with van der Waals surface area (Å²) in [6, 6.07) is 2.88. The van der Waals surface area contributed by atoms with Crippen molar-refractivity contribution in [3.05, 3.63) is 51.6 Å². The number of aryl methyl sites for hydroxylation is 1. The van der Waals surface area contributed by atoms with Crippen LogP contribution in [-0.4, -0.2) is 27.6 Å². The Balaban J connectivity index is 1.50. The molecular weight excluding hydrogens is 367 g/mol. The van der Waals surface area contributed by atoms with Gasteiger partial charge in [-0.05, 0) is 50.0 Å². The molecular formula is C19H17FN4O2S. The summed E-state index contributed by atoms with van der Waals surface area (Å²) in [4.78, 5) is 21.0. The second-order valence-electron chi connectivity index (χ2n) is 6.41. The zero-order valence-corrected chi connectivity index (χ0v) is 15.4. The Bertz CT molecular complexity index is 990. The minimum absolute atomic E-state index is 0.0867. The fourth-order valence-electron chi connectivity index (χ4n) is 2.55. The molecule has 6 nitrogen and oxygen atoms in total. The lowest BCUT2D eigenvalue weighted by Gasteiger charge is -1.99. The molecule has 27 heavy (non-hydrogen) atoms. The Labute approximate surface area is 159 Å². The minimum Gasteiger partial charge on any atom is -0.360 e. The molecule has 0 bridgehead atoms. The van der Waals surface area contributed by atoms with Crippen molar-refractivity contribution in [3.63, 3.8) is 0 Å². The lowest BCUT2D eigenvalue weighted by Crippen LogP contribution is -2.24. The number of rotatable bonds is 6. The first kappa shape index (κ1) is 17.5. The second kappa shape index (κ2) is 7.40. The smallest absolute Gasteiger partial charge is 0.263 e. The molecule has 0 aromatic carbocycles. The summed E-state index contributed by atoms with van der Waals surface area (Å²) in [5.41, 5.74) is 1.79. The van der Waals surface area contributed by atoms with Gasteiger partial charge in [0.15, 0.2) is 0 Å². The maximum atomic E-state index is 13.1. The van der Waals surface area contributed by atoms with Crippen LogP contribution >= 0.6 is 11.3 Å². The molecule has 3 aromatic heterocycles. The van der Waals surface area contributed by atoms with Crippen LogP contribution in [0.15, 0.2) is 29.0 Å². The highest BCUT2D eigenvalue weighted by Gasteiger charge is 2.22. The Morgan fingerprint density at radius 1 is 1.33 bits per heavy atom. The molecule has 0 atom stereocenters. The van der Waals surface area contributed by atoms with Gasteiger partial charge in [-0.15, -0.1) is 11.3 Å². The first-order chi connectivity index (χ1) is 13.1. The molecule has 138 valence electrons. The summed E-state index contributed by atoms with van der Waals surface area (Å²) in [7, 11) is 0. The molecule has 1 saturated carbocycles. The zero-order valence-electron chi connectivity index (χ0n) is 14.6. The van der Waals surface area contributed by atoms with E-state index in [1.165, 1.54) is 30.2 Å². The average Bonchev–Trinajstić information content (AvgIpc) is 3.25. The third-order valence-electron chi connectivity index (χ3n) is 4.27. The van der Waals surface area contributed by atoms with Crippen LogP contribution in [0, 0.1) is 18.7 Å². The van der Waals surface area contributed by atoms with Crippen molar-refractivity contribution in [1.82, 2.24) is 20.4 Å². The molecule has 3 heterocycles. The molecule has 0 saturated heterocycles. The van der Waals surface area contributed by atoms with Crippen LogP contribution in [0.25, 0.3) is 23.5 Å². The molecule has 1 fully saturated rings. The SMILES string of the molecule is Cc1onc(-c2ccc(F)cn2)c1C=Cc1ncc(C(=O)NCC2CC2)s1. The number of amides is 1. The number of halogens is 1. The molecule has 1 N–H and O–H groups in total. The summed E-state index contributed by atoms with van der Waals surface area (Å²) >= 11 is 1.32. The van der Waals surface area contributed by atoms with Gasteiger partial charge in [0.05, 0.1) is 18.1 Å². The zero-order chi connectivity index (χ0) is 18.8. The lowest BCUT2D eigenvalue weighted by molar-refractivity contribution is 0.0955. The summed E-state index contributed by atoms with van der Waals surface area (Å²) in [6.45, 7) is 2.52. The molecule has 1 aliphatic rings. The van der Waals surface area contributed by atoms with Crippen LogP contribution in [-0.2, 0) is 0 Å². The third kappa shape index (κ3) is 4.11. The summed E-state index contributed by atoms with van der Waals surface area (Å²) in [5.74, 6) is 0.755.